The summed E-state index contributed by atoms with van der Waals surface area (Å²) < 4.78 is 1.70. The third-order valence-electron chi connectivity index (χ3n) is 4.28. The van der Waals surface area contributed by atoms with E-state index >= 15 is 0 Å². The Morgan fingerprint density at radius 2 is 2.05 bits per heavy atom. The molecule has 1 aliphatic rings. The molecule has 108 valence electrons. The van der Waals surface area contributed by atoms with E-state index in [1.54, 1.807) is 4.68 Å². The van der Waals surface area contributed by atoms with Crippen molar-refractivity contribution in [2.24, 2.45) is 13.0 Å². The summed E-state index contributed by atoms with van der Waals surface area (Å²) in [5.74, 6) is 0.111. The zero-order valence-corrected chi connectivity index (χ0v) is 12.4. The molecular formula is C15H22N4O. The number of hydrogen-bond donors (Lipinski definition) is 1. The summed E-state index contributed by atoms with van der Waals surface area (Å²) >= 11 is 0. The van der Waals surface area contributed by atoms with Gasteiger partial charge in [0.1, 0.15) is 6.04 Å². The molecule has 0 radical (unpaired) electrons. The lowest BCUT2D eigenvalue weighted by Gasteiger charge is -2.26. The molecule has 1 aromatic heterocycles. The van der Waals surface area contributed by atoms with Crippen LogP contribution >= 0.6 is 0 Å². The van der Waals surface area contributed by atoms with Gasteiger partial charge in [0.25, 0.3) is 5.91 Å². The molecule has 0 bridgehead atoms. The SMILES string of the molecule is Cc1nn(C)c(C)c1C(=O)NC(C#N)C1CCCCC1. The van der Waals surface area contributed by atoms with Crippen LogP contribution in [0.3, 0.4) is 0 Å². The molecule has 5 heteroatoms. The lowest BCUT2D eigenvalue weighted by atomic mass is 9.84. The topological polar surface area (TPSA) is 70.7 Å². The molecule has 1 saturated carbocycles. The van der Waals surface area contributed by atoms with Crippen molar-refractivity contribution in [3.8, 4) is 6.07 Å². The van der Waals surface area contributed by atoms with Crippen LogP contribution in [-0.4, -0.2) is 21.7 Å². The Balaban J connectivity index is 2.11. The first kappa shape index (κ1) is 14.6. The van der Waals surface area contributed by atoms with Crippen molar-refractivity contribution in [2.75, 3.05) is 0 Å². The Morgan fingerprint density at radius 3 is 2.55 bits per heavy atom. The van der Waals surface area contributed by atoms with Gasteiger partial charge in [-0.15, -0.1) is 0 Å². The van der Waals surface area contributed by atoms with Crippen molar-refractivity contribution in [3.05, 3.63) is 17.0 Å². The molecule has 0 saturated heterocycles. The standard InChI is InChI=1S/C15H22N4O/c1-10-14(11(2)19(3)18-10)15(20)17-13(9-16)12-7-5-4-6-8-12/h12-13H,4-8H2,1-3H3,(H,17,20). The first-order valence-corrected chi connectivity index (χ1v) is 7.25. The number of aromatic nitrogens is 2. The van der Waals surface area contributed by atoms with Crippen molar-refractivity contribution in [3.63, 3.8) is 0 Å². The molecule has 5 nitrogen and oxygen atoms in total. The highest BCUT2D eigenvalue weighted by atomic mass is 16.1. The number of carbonyl (C=O) groups excluding carboxylic acids is 1. The molecule has 2 rings (SSSR count). The van der Waals surface area contributed by atoms with Crippen molar-refractivity contribution >= 4 is 5.91 Å². The summed E-state index contributed by atoms with van der Waals surface area (Å²) in [6.45, 7) is 3.70. The number of nitrogens with one attached hydrogen (secondary N) is 1. The van der Waals surface area contributed by atoms with Gasteiger partial charge in [-0.1, -0.05) is 19.3 Å². The predicted molar refractivity (Wildman–Crippen MR) is 76.1 cm³/mol. The van der Waals surface area contributed by atoms with Crippen LogP contribution in [-0.2, 0) is 7.05 Å². The van der Waals surface area contributed by atoms with Gasteiger partial charge in [-0.2, -0.15) is 10.4 Å². The average molecular weight is 274 g/mol. The van der Waals surface area contributed by atoms with Crippen molar-refractivity contribution in [2.45, 2.75) is 52.0 Å². The highest BCUT2D eigenvalue weighted by Crippen LogP contribution is 2.26. The fourth-order valence-corrected chi connectivity index (χ4v) is 3.04. The predicted octanol–water partition coefficient (Wildman–Crippen LogP) is 2.24. The molecule has 0 spiro atoms. The van der Waals surface area contributed by atoms with Crippen molar-refractivity contribution < 1.29 is 4.79 Å². The van der Waals surface area contributed by atoms with Crippen LogP contribution in [0.1, 0.15) is 53.8 Å². The first-order valence-electron chi connectivity index (χ1n) is 7.25. The van der Waals surface area contributed by atoms with E-state index in [-0.39, 0.29) is 17.9 Å². The Labute approximate surface area is 120 Å². The van der Waals surface area contributed by atoms with Crippen LogP contribution in [0.25, 0.3) is 0 Å². The van der Waals surface area contributed by atoms with Gasteiger partial charge in [0.2, 0.25) is 0 Å². The van der Waals surface area contributed by atoms with Gasteiger partial charge in [0.15, 0.2) is 0 Å². The Kier molecular flexibility index (Phi) is 4.43. The van der Waals surface area contributed by atoms with E-state index in [0.717, 1.165) is 31.4 Å². The zero-order chi connectivity index (χ0) is 14.7. The van der Waals surface area contributed by atoms with Crippen LogP contribution in [0.4, 0.5) is 0 Å². The van der Waals surface area contributed by atoms with Gasteiger partial charge >= 0.3 is 0 Å². The largest absolute Gasteiger partial charge is 0.336 e. The fraction of sp³-hybridized carbons (Fsp3) is 0.667. The minimum absolute atomic E-state index is 0.176. The maximum absolute atomic E-state index is 12.4. The zero-order valence-electron chi connectivity index (χ0n) is 12.4. The van der Waals surface area contributed by atoms with E-state index in [1.165, 1.54) is 6.42 Å². The molecule has 20 heavy (non-hydrogen) atoms. The highest BCUT2D eigenvalue weighted by Gasteiger charge is 2.27. The summed E-state index contributed by atoms with van der Waals surface area (Å²) in [7, 11) is 1.82. The van der Waals surface area contributed by atoms with E-state index in [0.29, 0.717) is 11.3 Å². The highest BCUT2D eigenvalue weighted by molar-refractivity contribution is 5.96. The van der Waals surface area contributed by atoms with E-state index in [9.17, 15) is 10.1 Å². The maximum atomic E-state index is 12.4. The molecule has 1 atom stereocenters. The Hall–Kier alpha value is -1.83. The van der Waals surface area contributed by atoms with Crippen molar-refractivity contribution in [1.82, 2.24) is 15.1 Å². The second-order valence-corrected chi connectivity index (χ2v) is 5.65. The van der Waals surface area contributed by atoms with Crippen LogP contribution in [0, 0.1) is 31.1 Å². The number of carbonyl (C=O) groups is 1. The van der Waals surface area contributed by atoms with Gasteiger partial charge in [-0.25, -0.2) is 0 Å². The summed E-state index contributed by atoms with van der Waals surface area (Å²) in [5, 5.41) is 16.5. The minimum Gasteiger partial charge on any atom is -0.336 e. The monoisotopic (exact) mass is 274 g/mol. The van der Waals surface area contributed by atoms with Gasteiger partial charge < -0.3 is 5.32 Å². The Morgan fingerprint density at radius 1 is 1.40 bits per heavy atom. The van der Waals surface area contributed by atoms with Crippen molar-refractivity contribution in [1.29, 1.82) is 5.26 Å². The number of nitriles is 1. The summed E-state index contributed by atoms with van der Waals surface area (Å²) in [6, 6.07) is 1.87. The lowest BCUT2D eigenvalue weighted by molar-refractivity contribution is 0.0927. The first-order chi connectivity index (χ1) is 9.54. The molecule has 1 amide bonds. The number of amides is 1. The van der Waals surface area contributed by atoms with E-state index in [1.807, 2.05) is 20.9 Å². The van der Waals surface area contributed by atoms with E-state index in [4.69, 9.17) is 0 Å². The molecule has 1 fully saturated rings. The molecule has 1 N–H and O–H groups in total. The van der Waals surface area contributed by atoms with Crippen LogP contribution < -0.4 is 5.32 Å². The second-order valence-electron chi connectivity index (χ2n) is 5.65. The summed E-state index contributed by atoms with van der Waals surface area (Å²) in [6.07, 6.45) is 5.61. The molecule has 0 aromatic carbocycles. The molecule has 1 unspecified atom stereocenters. The van der Waals surface area contributed by atoms with E-state index < -0.39 is 0 Å². The molecule has 1 aliphatic carbocycles. The van der Waals surface area contributed by atoms with Gasteiger partial charge in [-0.3, -0.25) is 9.48 Å². The van der Waals surface area contributed by atoms with Gasteiger partial charge in [-0.05, 0) is 32.6 Å². The normalized spacial score (nSPS) is 17.5. The van der Waals surface area contributed by atoms with Gasteiger partial charge in [0.05, 0.1) is 17.3 Å². The third-order valence-corrected chi connectivity index (χ3v) is 4.28. The second kappa shape index (κ2) is 6.08. The van der Waals surface area contributed by atoms with Crippen LogP contribution in [0.2, 0.25) is 0 Å². The average Bonchev–Trinajstić information content (AvgIpc) is 2.70. The molecule has 0 aliphatic heterocycles. The quantitative estimate of drug-likeness (QED) is 0.918. The lowest BCUT2D eigenvalue weighted by Crippen LogP contribution is -2.40. The van der Waals surface area contributed by atoms with Gasteiger partial charge in [0, 0.05) is 12.7 Å². The number of hydrogen-bond acceptors (Lipinski definition) is 3. The summed E-state index contributed by atoms with van der Waals surface area (Å²) in [5.41, 5.74) is 2.15. The third kappa shape index (κ3) is 2.84. The van der Waals surface area contributed by atoms with Crippen LogP contribution in [0.5, 0.6) is 0 Å². The smallest absolute Gasteiger partial charge is 0.256 e. The molecule has 1 aromatic rings. The fourth-order valence-electron chi connectivity index (χ4n) is 3.04. The Bertz CT molecular complexity index is 535. The molecule has 1 heterocycles. The number of rotatable bonds is 3. The van der Waals surface area contributed by atoms with Crippen LogP contribution in [0.15, 0.2) is 0 Å². The van der Waals surface area contributed by atoms with E-state index in [2.05, 4.69) is 16.5 Å². The summed E-state index contributed by atoms with van der Waals surface area (Å²) in [4.78, 5) is 12.4. The number of aryl methyl sites for hydroxylation is 2. The molecular weight excluding hydrogens is 252 g/mol. The number of nitrogens with zero attached hydrogens (tertiary/aromatic N) is 3. The minimum atomic E-state index is -0.387. The maximum Gasteiger partial charge on any atom is 0.256 e.